The normalized spacial score (nSPS) is 17.4. The minimum absolute atomic E-state index is 0.0364. The number of hydrogen-bond donors (Lipinski definition) is 0. The van der Waals surface area contributed by atoms with Crippen LogP contribution in [-0.4, -0.2) is 6.61 Å². The van der Waals surface area contributed by atoms with Gasteiger partial charge in [0.25, 0.3) is 0 Å². The number of benzene rings is 1. The molecule has 0 aliphatic carbocycles. The SMILES string of the molecule is [O-][n+]1cc(OCc2ccccc2)ccc1C1CO1. The van der Waals surface area contributed by atoms with Gasteiger partial charge in [-0.3, -0.25) is 0 Å². The molecule has 0 bridgehead atoms. The van der Waals surface area contributed by atoms with Crippen LogP contribution in [0.3, 0.4) is 0 Å². The van der Waals surface area contributed by atoms with E-state index in [9.17, 15) is 5.21 Å². The van der Waals surface area contributed by atoms with Crippen molar-refractivity contribution < 1.29 is 14.2 Å². The second-order valence-corrected chi connectivity index (χ2v) is 4.21. The van der Waals surface area contributed by atoms with Crippen LogP contribution in [0.25, 0.3) is 0 Å². The van der Waals surface area contributed by atoms with E-state index in [0.29, 0.717) is 24.7 Å². The van der Waals surface area contributed by atoms with Gasteiger partial charge in [0, 0.05) is 6.07 Å². The minimum Gasteiger partial charge on any atom is -0.618 e. The monoisotopic (exact) mass is 243 g/mol. The zero-order valence-corrected chi connectivity index (χ0v) is 9.78. The number of pyridine rings is 1. The summed E-state index contributed by atoms with van der Waals surface area (Å²) in [6, 6.07) is 13.4. The lowest BCUT2D eigenvalue weighted by atomic mass is 10.2. The summed E-state index contributed by atoms with van der Waals surface area (Å²) in [4.78, 5) is 0. The highest BCUT2D eigenvalue weighted by molar-refractivity contribution is 5.20. The highest BCUT2D eigenvalue weighted by Crippen LogP contribution is 2.27. The lowest BCUT2D eigenvalue weighted by Gasteiger charge is -2.07. The van der Waals surface area contributed by atoms with Crippen molar-refractivity contribution >= 4 is 0 Å². The van der Waals surface area contributed by atoms with Crippen molar-refractivity contribution in [1.29, 1.82) is 0 Å². The molecule has 0 N–H and O–H groups in total. The van der Waals surface area contributed by atoms with Gasteiger partial charge >= 0.3 is 0 Å². The molecule has 2 heterocycles. The lowest BCUT2D eigenvalue weighted by molar-refractivity contribution is -0.615. The number of aromatic nitrogens is 1. The molecule has 1 unspecified atom stereocenters. The van der Waals surface area contributed by atoms with E-state index in [2.05, 4.69) is 0 Å². The summed E-state index contributed by atoms with van der Waals surface area (Å²) in [6.07, 6.45) is 1.41. The number of rotatable bonds is 4. The minimum atomic E-state index is -0.0364. The molecule has 0 saturated carbocycles. The first-order valence-corrected chi connectivity index (χ1v) is 5.84. The second kappa shape index (κ2) is 4.66. The summed E-state index contributed by atoms with van der Waals surface area (Å²) in [7, 11) is 0. The van der Waals surface area contributed by atoms with Crippen molar-refractivity contribution in [2.75, 3.05) is 6.61 Å². The quantitative estimate of drug-likeness (QED) is 0.468. The molecule has 1 atom stereocenters. The summed E-state index contributed by atoms with van der Waals surface area (Å²) < 4.78 is 11.5. The van der Waals surface area contributed by atoms with E-state index < -0.39 is 0 Å². The molecule has 4 nitrogen and oxygen atoms in total. The molecule has 1 aliphatic heterocycles. The molecule has 1 fully saturated rings. The highest BCUT2D eigenvalue weighted by atomic mass is 16.6. The van der Waals surface area contributed by atoms with Gasteiger partial charge in [0.2, 0.25) is 11.9 Å². The summed E-state index contributed by atoms with van der Waals surface area (Å²) in [5.74, 6) is 0.568. The first kappa shape index (κ1) is 11.0. The third kappa shape index (κ3) is 2.43. The Morgan fingerprint density at radius 3 is 2.67 bits per heavy atom. The lowest BCUT2D eigenvalue weighted by Crippen LogP contribution is -2.31. The van der Waals surface area contributed by atoms with Crippen LogP contribution >= 0.6 is 0 Å². The van der Waals surface area contributed by atoms with Crippen molar-refractivity contribution in [2.45, 2.75) is 12.7 Å². The van der Waals surface area contributed by atoms with Crippen molar-refractivity contribution in [2.24, 2.45) is 0 Å². The van der Waals surface area contributed by atoms with Crippen LogP contribution < -0.4 is 9.47 Å². The maximum Gasteiger partial charge on any atom is 0.224 e. The van der Waals surface area contributed by atoms with Crippen molar-refractivity contribution in [3.63, 3.8) is 0 Å². The Hall–Kier alpha value is -2.07. The summed E-state index contributed by atoms with van der Waals surface area (Å²) >= 11 is 0. The van der Waals surface area contributed by atoms with E-state index in [4.69, 9.17) is 9.47 Å². The van der Waals surface area contributed by atoms with Gasteiger partial charge in [0.1, 0.15) is 6.61 Å². The van der Waals surface area contributed by atoms with Crippen molar-refractivity contribution in [3.8, 4) is 5.75 Å². The summed E-state index contributed by atoms with van der Waals surface area (Å²) in [6.45, 7) is 1.09. The van der Waals surface area contributed by atoms with E-state index in [1.807, 2.05) is 30.3 Å². The smallest absolute Gasteiger partial charge is 0.224 e. The standard InChI is InChI=1S/C14H13NO3/c16-15-8-12(6-7-13(15)14-10-18-14)17-9-11-4-2-1-3-5-11/h1-8,14H,9-10H2. The topological polar surface area (TPSA) is 48.7 Å². The molecule has 4 heteroatoms. The zero-order valence-electron chi connectivity index (χ0n) is 9.78. The average molecular weight is 243 g/mol. The van der Waals surface area contributed by atoms with Gasteiger partial charge in [-0.15, -0.1) is 0 Å². The first-order valence-electron chi connectivity index (χ1n) is 5.84. The molecule has 3 rings (SSSR count). The molecule has 18 heavy (non-hydrogen) atoms. The maximum absolute atomic E-state index is 11.7. The Labute approximate surface area is 105 Å². The van der Waals surface area contributed by atoms with Crippen LogP contribution in [-0.2, 0) is 11.3 Å². The fraction of sp³-hybridized carbons (Fsp3) is 0.214. The Balaban J connectivity index is 1.68. The average Bonchev–Trinajstić information content (AvgIpc) is 3.22. The molecule has 1 aliphatic rings. The maximum atomic E-state index is 11.7. The van der Waals surface area contributed by atoms with Gasteiger partial charge in [-0.25, -0.2) is 0 Å². The molecular formula is C14H13NO3. The van der Waals surface area contributed by atoms with Gasteiger partial charge in [-0.05, 0) is 11.6 Å². The first-order chi connectivity index (χ1) is 8.83. The molecule has 1 aromatic heterocycles. The van der Waals surface area contributed by atoms with Crippen LogP contribution in [0, 0.1) is 5.21 Å². The van der Waals surface area contributed by atoms with Gasteiger partial charge in [0.05, 0.1) is 6.61 Å². The molecule has 0 spiro atoms. The Morgan fingerprint density at radius 1 is 1.22 bits per heavy atom. The van der Waals surface area contributed by atoms with Gasteiger partial charge in [-0.2, -0.15) is 4.73 Å². The zero-order chi connectivity index (χ0) is 12.4. The highest BCUT2D eigenvalue weighted by Gasteiger charge is 2.32. The largest absolute Gasteiger partial charge is 0.618 e. The number of epoxide rings is 1. The van der Waals surface area contributed by atoms with Crippen LogP contribution in [0.5, 0.6) is 5.75 Å². The Bertz CT molecular complexity index is 538. The third-order valence-corrected chi connectivity index (χ3v) is 2.83. The van der Waals surface area contributed by atoms with Gasteiger partial charge in [0.15, 0.2) is 11.9 Å². The van der Waals surface area contributed by atoms with E-state index >= 15 is 0 Å². The number of ether oxygens (including phenoxy) is 2. The summed E-state index contributed by atoms with van der Waals surface area (Å²) in [5, 5.41) is 11.7. The molecule has 1 saturated heterocycles. The van der Waals surface area contributed by atoms with Gasteiger partial charge < -0.3 is 14.7 Å². The summed E-state index contributed by atoms with van der Waals surface area (Å²) in [5.41, 5.74) is 1.71. The molecule has 2 aromatic rings. The van der Waals surface area contributed by atoms with E-state index in [0.717, 1.165) is 10.3 Å². The second-order valence-electron chi connectivity index (χ2n) is 4.21. The predicted octanol–water partition coefficient (Wildman–Crippen LogP) is 1.97. The molecule has 92 valence electrons. The Morgan fingerprint density at radius 2 is 2.00 bits per heavy atom. The van der Waals surface area contributed by atoms with E-state index in [-0.39, 0.29) is 6.10 Å². The van der Waals surface area contributed by atoms with Crippen LogP contribution in [0.15, 0.2) is 48.7 Å². The third-order valence-electron chi connectivity index (χ3n) is 2.83. The molecular weight excluding hydrogens is 230 g/mol. The van der Waals surface area contributed by atoms with Crippen LogP contribution in [0.2, 0.25) is 0 Å². The number of hydrogen-bond acceptors (Lipinski definition) is 3. The predicted molar refractivity (Wildman–Crippen MR) is 64.9 cm³/mol. The van der Waals surface area contributed by atoms with E-state index in [1.54, 1.807) is 12.1 Å². The van der Waals surface area contributed by atoms with Crippen molar-refractivity contribution in [1.82, 2.24) is 0 Å². The van der Waals surface area contributed by atoms with Gasteiger partial charge in [-0.1, -0.05) is 30.3 Å². The van der Waals surface area contributed by atoms with Crippen molar-refractivity contribution in [3.05, 3.63) is 65.1 Å². The fourth-order valence-electron chi connectivity index (χ4n) is 1.77. The van der Waals surface area contributed by atoms with Crippen LogP contribution in [0.4, 0.5) is 0 Å². The molecule has 0 amide bonds. The molecule has 1 aromatic carbocycles. The fourth-order valence-corrected chi connectivity index (χ4v) is 1.77. The molecule has 0 radical (unpaired) electrons. The van der Waals surface area contributed by atoms with Crippen LogP contribution in [0.1, 0.15) is 17.4 Å². The number of nitrogens with zero attached hydrogens (tertiary/aromatic N) is 1. The Kier molecular flexibility index (Phi) is 2.86. The van der Waals surface area contributed by atoms with E-state index in [1.165, 1.54) is 6.20 Å².